The van der Waals surface area contributed by atoms with Gasteiger partial charge in [-0.25, -0.2) is 14.8 Å². The third kappa shape index (κ3) is 4.38. The van der Waals surface area contributed by atoms with Gasteiger partial charge >= 0.3 is 5.97 Å². The van der Waals surface area contributed by atoms with E-state index >= 15 is 0 Å². The van der Waals surface area contributed by atoms with E-state index in [2.05, 4.69) is 25.2 Å². The molecule has 2 N–H and O–H groups in total. The van der Waals surface area contributed by atoms with Gasteiger partial charge in [-0.2, -0.15) is 0 Å². The first-order chi connectivity index (χ1) is 14.5. The highest BCUT2D eigenvalue weighted by atomic mass is 32.1. The largest absolute Gasteiger partial charge is 0.478 e. The molecule has 1 saturated heterocycles. The zero-order chi connectivity index (χ0) is 21.1. The third-order valence-electron chi connectivity index (χ3n) is 4.84. The number of carboxylic acid groups (broad SMARTS) is 1. The van der Waals surface area contributed by atoms with Crippen molar-refractivity contribution in [3.63, 3.8) is 0 Å². The van der Waals surface area contributed by atoms with Crippen molar-refractivity contribution in [1.82, 2.24) is 19.9 Å². The van der Waals surface area contributed by atoms with Crippen LogP contribution >= 0.6 is 11.3 Å². The highest BCUT2D eigenvalue weighted by Gasteiger charge is 2.19. The number of hydrogen-bond acceptors (Lipinski definition) is 8. The number of nitrogens with one attached hydrogen (secondary N) is 1. The Morgan fingerprint density at radius 1 is 1.10 bits per heavy atom. The Hall–Kier alpha value is -3.53. The van der Waals surface area contributed by atoms with Crippen molar-refractivity contribution in [2.75, 3.05) is 36.4 Å². The van der Waals surface area contributed by atoms with Gasteiger partial charge in [-0.1, -0.05) is 11.3 Å². The van der Waals surface area contributed by atoms with Crippen molar-refractivity contribution < 1.29 is 14.7 Å². The normalized spacial score (nSPS) is 13.9. The molecule has 0 bridgehead atoms. The molecule has 0 unspecified atom stereocenters. The van der Waals surface area contributed by atoms with Crippen LogP contribution in [0.15, 0.2) is 43.0 Å². The second kappa shape index (κ2) is 8.46. The predicted molar refractivity (Wildman–Crippen MR) is 114 cm³/mol. The highest BCUT2D eigenvalue weighted by Crippen LogP contribution is 2.31. The van der Waals surface area contributed by atoms with E-state index in [1.165, 1.54) is 17.5 Å². The van der Waals surface area contributed by atoms with Crippen molar-refractivity contribution in [3.05, 3.63) is 48.5 Å². The molecule has 1 fully saturated rings. The Morgan fingerprint density at radius 2 is 1.90 bits per heavy atom. The number of aromatic carboxylic acids is 1. The van der Waals surface area contributed by atoms with Gasteiger partial charge in [0, 0.05) is 75.2 Å². The number of rotatable bonds is 5. The molecular weight excluding hydrogens is 404 g/mol. The fourth-order valence-electron chi connectivity index (χ4n) is 3.23. The quantitative estimate of drug-likeness (QED) is 0.643. The number of carboxylic acids is 1. The summed E-state index contributed by atoms with van der Waals surface area (Å²) in [6.07, 6.45) is 6.35. The number of nitrogens with zero attached hydrogens (tertiary/aromatic N) is 5. The smallest absolute Gasteiger partial charge is 0.337 e. The average molecular weight is 424 g/mol. The highest BCUT2D eigenvalue weighted by molar-refractivity contribution is 7.18. The van der Waals surface area contributed by atoms with E-state index in [-0.39, 0.29) is 11.5 Å². The van der Waals surface area contributed by atoms with E-state index in [9.17, 15) is 9.59 Å². The van der Waals surface area contributed by atoms with Crippen LogP contribution in [0.5, 0.6) is 0 Å². The molecule has 154 valence electrons. The molecule has 10 heteroatoms. The van der Waals surface area contributed by atoms with Gasteiger partial charge in [0.05, 0.1) is 10.4 Å². The first-order valence-corrected chi connectivity index (χ1v) is 10.2. The maximum Gasteiger partial charge on any atom is 0.337 e. The van der Waals surface area contributed by atoms with Gasteiger partial charge in [0.2, 0.25) is 5.91 Å². The predicted octanol–water partition coefficient (Wildman–Crippen LogP) is 2.71. The number of hydrogen-bond donors (Lipinski definition) is 2. The number of carbonyl (C=O) groups excluding carboxylic acids is 1. The van der Waals surface area contributed by atoms with Crippen molar-refractivity contribution in [1.29, 1.82) is 0 Å². The first kappa shape index (κ1) is 19.8. The maximum atomic E-state index is 11.5. The topological polar surface area (TPSA) is 112 Å². The molecule has 4 rings (SSSR count). The summed E-state index contributed by atoms with van der Waals surface area (Å²) in [7, 11) is 0. The zero-order valence-corrected chi connectivity index (χ0v) is 17.1. The Bertz CT molecular complexity index is 1080. The summed E-state index contributed by atoms with van der Waals surface area (Å²) in [5.41, 5.74) is 1.87. The van der Waals surface area contributed by atoms with E-state index < -0.39 is 5.97 Å². The second-order valence-corrected chi connectivity index (χ2v) is 7.85. The SMILES string of the molecule is CC(=O)N1CCN(c2ccnc(Nc3ncc(-c4cncc(C(=O)O)c4)s3)c2)CC1. The molecule has 1 aliphatic rings. The Kier molecular flexibility index (Phi) is 5.57. The number of anilines is 3. The summed E-state index contributed by atoms with van der Waals surface area (Å²) in [5, 5.41) is 13.0. The second-order valence-electron chi connectivity index (χ2n) is 6.81. The fraction of sp³-hybridized carbons (Fsp3) is 0.250. The van der Waals surface area contributed by atoms with Gasteiger partial charge < -0.3 is 20.2 Å². The molecule has 0 atom stereocenters. The molecule has 0 spiro atoms. The summed E-state index contributed by atoms with van der Waals surface area (Å²) in [6, 6.07) is 5.48. The van der Waals surface area contributed by atoms with E-state index in [1.54, 1.807) is 31.6 Å². The van der Waals surface area contributed by atoms with Gasteiger partial charge in [-0.15, -0.1) is 0 Å². The van der Waals surface area contributed by atoms with Crippen molar-refractivity contribution in [2.45, 2.75) is 6.92 Å². The van der Waals surface area contributed by atoms with Crippen LogP contribution in [0, 0.1) is 0 Å². The average Bonchev–Trinajstić information content (AvgIpc) is 3.22. The number of pyridine rings is 2. The van der Waals surface area contributed by atoms with Crippen molar-refractivity contribution in [3.8, 4) is 10.4 Å². The molecule has 3 aromatic rings. The molecular formula is C20H20N6O3S. The number of aromatic nitrogens is 3. The maximum absolute atomic E-state index is 11.5. The number of thiazole rings is 1. The van der Waals surface area contributed by atoms with Gasteiger partial charge in [0.1, 0.15) is 5.82 Å². The Labute approximate surface area is 177 Å². The summed E-state index contributed by atoms with van der Waals surface area (Å²) < 4.78 is 0. The number of piperazine rings is 1. The minimum Gasteiger partial charge on any atom is -0.478 e. The van der Waals surface area contributed by atoms with E-state index in [4.69, 9.17) is 5.11 Å². The van der Waals surface area contributed by atoms with Crippen LogP contribution in [0.4, 0.5) is 16.6 Å². The molecule has 9 nitrogen and oxygen atoms in total. The lowest BCUT2D eigenvalue weighted by Crippen LogP contribution is -2.48. The molecule has 0 saturated carbocycles. The molecule has 0 radical (unpaired) electrons. The molecule has 1 amide bonds. The Balaban J connectivity index is 1.46. The number of carbonyl (C=O) groups is 2. The molecule has 3 aromatic heterocycles. The van der Waals surface area contributed by atoms with Gasteiger partial charge in [0.25, 0.3) is 0 Å². The lowest BCUT2D eigenvalue weighted by molar-refractivity contribution is -0.129. The van der Waals surface area contributed by atoms with Crippen LogP contribution in [0.3, 0.4) is 0 Å². The van der Waals surface area contributed by atoms with Crippen molar-refractivity contribution >= 4 is 39.9 Å². The van der Waals surface area contributed by atoms with E-state index in [0.717, 1.165) is 23.7 Å². The van der Waals surface area contributed by atoms with Crippen LogP contribution in [0.25, 0.3) is 10.4 Å². The summed E-state index contributed by atoms with van der Waals surface area (Å²) >= 11 is 1.39. The molecule has 0 aromatic carbocycles. The van der Waals surface area contributed by atoms with Gasteiger partial charge in [-0.3, -0.25) is 9.78 Å². The van der Waals surface area contributed by atoms with Gasteiger partial charge in [-0.05, 0) is 12.1 Å². The lowest BCUT2D eigenvalue weighted by Gasteiger charge is -2.35. The van der Waals surface area contributed by atoms with Crippen LogP contribution in [-0.4, -0.2) is 63.0 Å². The molecule has 1 aliphatic heterocycles. The van der Waals surface area contributed by atoms with Crippen molar-refractivity contribution in [2.24, 2.45) is 0 Å². The summed E-state index contributed by atoms with van der Waals surface area (Å²) in [6.45, 7) is 4.56. The first-order valence-electron chi connectivity index (χ1n) is 9.37. The zero-order valence-electron chi connectivity index (χ0n) is 16.3. The van der Waals surface area contributed by atoms with E-state index in [1.807, 2.05) is 17.0 Å². The Morgan fingerprint density at radius 3 is 2.63 bits per heavy atom. The number of amides is 1. The van der Waals surface area contributed by atoms with Crippen LogP contribution in [0.2, 0.25) is 0 Å². The third-order valence-corrected chi connectivity index (χ3v) is 5.81. The summed E-state index contributed by atoms with van der Waals surface area (Å²) in [5.74, 6) is -0.243. The van der Waals surface area contributed by atoms with Crippen LogP contribution < -0.4 is 10.2 Å². The minimum atomic E-state index is -1.02. The monoisotopic (exact) mass is 424 g/mol. The molecule has 30 heavy (non-hydrogen) atoms. The molecule has 0 aliphatic carbocycles. The molecule has 4 heterocycles. The van der Waals surface area contributed by atoms with Gasteiger partial charge in [0.15, 0.2) is 5.13 Å². The fourth-order valence-corrected chi connectivity index (χ4v) is 4.03. The van der Waals surface area contributed by atoms with E-state index in [0.29, 0.717) is 29.6 Å². The minimum absolute atomic E-state index is 0.107. The lowest BCUT2D eigenvalue weighted by atomic mass is 10.2. The van der Waals surface area contributed by atoms with Crippen LogP contribution in [-0.2, 0) is 4.79 Å². The standard InChI is InChI=1S/C20H20N6O3S/c1-13(27)25-4-6-26(7-5-25)16-2-3-22-18(9-16)24-20-23-12-17(30-20)14-8-15(19(28)29)11-21-10-14/h2-3,8-12H,4-7H2,1H3,(H,28,29)(H,22,23,24). The van der Waals surface area contributed by atoms with Crippen LogP contribution in [0.1, 0.15) is 17.3 Å². The summed E-state index contributed by atoms with van der Waals surface area (Å²) in [4.78, 5) is 40.3.